The van der Waals surface area contributed by atoms with Gasteiger partial charge >= 0.3 is 5.76 Å². The van der Waals surface area contributed by atoms with Gasteiger partial charge in [-0.05, 0) is 37.1 Å². The zero-order chi connectivity index (χ0) is 14.3. The number of aryl methyl sites for hydroxylation is 2. The molecule has 2 aromatic carbocycles. The first-order chi connectivity index (χ1) is 9.56. The molecule has 0 atom stereocenters. The first kappa shape index (κ1) is 12.5. The van der Waals surface area contributed by atoms with Crippen LogP contribution in [-0.4, -0.2) is 4.57 Å². The lowest BCUT2D eigenvalue weighted by Gasteiger charge is -2.08. The highest BCUT2D eigenvalue weighted by atomic mass is 16.4. The summed E-state index contributed by atoms with van der Waals surface area (Å²) in [5.74, 6) is -0.377. The molecule has 1 aromatic heterocycles. The number of nitrogens with two attached hydrogens (primary N) is 1. The number of oxazole rings is 1. The minimum Gasteiger partial charge on any atom is -0.408 e. The molecule has 3 aromatic rings. The monoisotopic (exact) mass is 268 g/mol. The van der Waals surface area contributed by atoms with Crippen molar-refractivity contribution in [1.29, 1.82) is 0 Å². The molecule has 102 valence electrons. The van der Waals surface area contributed by atoms with Crippen molar-refractivity contribution in [2.75, 3.05) is 5.73 Å². The van der Waals surface area contributed by atoms with Crippen LogP contribution in [0, 0.1) is 13.8 Å². The Labute approximate surface area is 116 Å². The first-order valence-corrected chi connectivity index (χ1v) is 6.50. The maximum absolute atomic E-state index is 12.0. The lowest BCUT2D eigenvalue weighted by atomic mass is 10.1. The van der Waals surface area contributed by atoms with Crippen molar-refractivity contribution in [2.45, 2.75) is 20.4 Å². The molecule has 1 heterocycles. The van der Waals surface area contributed by atoms with Crippen LogP contribution in [0.3, 0.4) is 0 Å². The summed E-state index contributed by atoms with van der Waals surface area (Å²) in [4.78, 5) is 12.0. The molecule has 4 heteroatoms. The summed E-state index contributed by atoms with van der Waals surface area (Å²) >= 11 is 0. The number of benzene rings is 2. The van der Waals surface area contributed by atoms with Crippen LogP contribution < -0.4 is 11.5 Å². The van der Waals surface area contributed by atoms with E-state index in [0.717, 1.165) is 11.1 Å². The molecule has 0 saturated carbocycles. The van der Waals surface area contributed by atoms with Crippen molar-refractivity contribution in [1.82, 2.24) is 4.57 Å². The number of anilines is 1. The van der Waals surface area contributed by atoms with Gasteiger partial charge in [0.25, 0.3) is 0 Å². The second-order valence-electron chi connectivity index (χ2n) is 5.08. The molecule has 20 heavy (non-hydrogen) atoms. The van der Waals surface area contributed by atoms with E-state index in [-0.39, 0.29) is 5.76 Å². The molecule has 0 bridgehead atoms. The summed E-state index contributed by atoms with van der Waals surface area (Å²) in [5, 5.41) is 0. The molecule has 0 fully saturated rings. The molecule has 0 unspecified atom stereocenters. The van der Waals surface area contributed by atoms with Crippen molar-refractivity contribution >= 4 is 16.8 Å². The molecule has 0 radical (unpaired) electrons. The van der Waals surface area contributed by atoms with Gasteiger partial charge in [0, 0.05) is 0 Å². The van der Waals surface area contributed by atoms with Crippen LogP contribution >= 0.6 is 0 Å². The lowest BCUT2D eigenvalue weighted by molar-refractivity contribution is 0.517. The molecule has 3 rings (SSSR count). The van der Waals surface area contributed by atoms with Crippen molar-refractivity contribution in [3.63, 3.8) is 0 Å². The Morgan fingerprint density at radius 1 is 1.20 bits per heavy atom. The van der Waals surface area contributed by atoms with E-state index < -0.39 is 0 Å². The zero-order valence-electron chi connectivity index (χ0n) is 11.5. The molecule has 0 aliphatic heterocycles. The van der Waals surface area contributed by atoms with Gasteiger partial charge in [-0.25, -0.2) is 4.79 Å². The number of para-hydroxylation sites is 1. The topological polar surface area (TPSA) is 61.2 Å². The molecular formula is C16H16N2O2. The van der Waals surface area contributed by atoms with Crippen molar-refractivity contribution < 1.29 is 4.42 Å². The summed E-state index contributed by atoms with van der Waals surface area (Å²) in [6.07, 6.45) is 0. The third kappa shape index (κ3) is 1.99. The predicted molar refractivity (Wildman–Crippen MR) is 79.9 cm³/mol. The second kappa shape index (κ2) is 4.56. The summed E-state index contributed by atoms with van der Waals surface area (Å²) in [6, 6.07) is 11.5. The standard InChI is InChI=1S/C16H16N2O2/c1-10-6-7-12(11(2)8-10)9-18-15-13(17)4-3-5-14(15)20-16(18)19/h3-8H,9,17H2,1-2H3. The minimum absolute atomic E-state index is 0.377. The maximum atomic E-state index is 12.0. The van der Waals surface area contributed by atoms with E-state index in [0.29, 0.717) is 23.3 Å². The summed E-state index contributed by atoms with van der Waals surface area (Å²) in [7, 11) is 0. The molecular weight excluding hydrogens is 252 g/mol. The van der Waals surface area contributed by atoms with E-state index >= 15 is 0 Å². The van der Waals surface area contributed by atoms with Crippen molar-refractivity contribution in [2.24, 2.45) is 0 Å². The number of hydrogen-bond donors (Lipinski definition) is 1. The highest BCUT2D eigenvalue weighted by Gasteiger charge is 2.12. The van der Waals surface area contributed by atoms with Crippen LogP contribution in [-0.2, 0) is 6.54 Å². The third-order valence-electron chi connectivity index (χ3n) is 3.54. The summed E-state index contributed by atoms with van der Waals surface area (Å²) in [6.45, 7) is 4.55. The molecule has 0 spiro atoms. The van der Waals surface area contributed by atoms with Gasteiger partial charge in [0.2, 0.25) is 0 Å². The van der Waals surface area contributed by atoms with Crippen molar-refractivity contribution in [3.05, 3.63) is 63.6 Å². The van der Waals surface area contributed by atoms with E-state index in [2.05, 4.69) is 6.07 Å². The number of hydrogen-bond acceptors (Lipinski definition) is 3. The van der Waals surface area contributed by atoms with Gasteiger partial charge in [-0.3, -0.25) is 4.57 Å². The lowest BCUT2D eigenvalue weighted by Crippen LogP contribution is -2.16. The number of fused-ring (bicyclic) bond motifs is 1. The summed E-state index contributed by atoms with van der Waals surface area (Å²) in [5.41, 5.74) is 11.2. The molecule has 0 aliphatic rings. The first-order valence-electron chi connectivity index (χ1n) is 6.50. The van der Waals surface area contributed by atoms with Gasteiger partial charge in [-0.15, -0.1) is 0 Å². The SMILES string of the molecule is Cc1ccc(Cn2c(=O)oc3cccc(N)c32)c(C)c1. The second-order valence-corrected chi connectivity index (χ2v) is 5.08. The third-order valence-corrected chi connectivity index (χ3v) is 3.54. The van der Waals surface area contributed by atoms with Crippen LogP contribution in [0.25, 0.3) is 11.1 Å². The Bertz CT molecular complexity index is 843. The average molecular weight is 268 g/mol. The highest BCUT2D eigenvalue weighted by molar-refractivity contribution is 5.85. The van der Waals surface area contributed by atoms with Gasteiger partial charge in [0.15, 0.2) is 5.58 Å². The fraction of sp³-hybridized carbons (Fsp3) is 0.188. The smallest absolute Gasteiger partial charge is 0.408 e. The fourth-order valence-corrected chi connectivity index (χ4v) is 2.49. The minimum atomic E-state index is -0.377. The molecule has 0 amide bonds. The Morgan fingerprint density at radius 2 is 2.00 bits per heavy atom. The quantitative estimate of drug-likeness (QED) is 0.727. The van der Waals surface area contributed by atoms with Gasteiger partial charge in [0.1, 0.15) is 5.52 Å². The van der Waals surface area contributed by atoms with E-state index in [1.54, 1.807) is 22.8 Å². The van der Waals surface area contributed by atoms with E-state index in [1.165, 1.54) is 5.56 Å². The Morgan fingerprint density at radius 3 is 2.75 bits per heavy atom. The van der Waals surface area contributed by atoms with Crippen LogP contribution in [0.2, 0.25) is 0 Å². The van der Waals surface area contributed by atoms with Crippen LogP contribution in [0.15, 0.2) is 45.6 Å². The number of aromatic nitrogens is 1. The molecule has 0 saturated heterocycles. The van der Waals surface area contributed by atoms with Gasteiger partial charge in [-0.1, -0.05) is 29.8 Å². The number of rotatable bonds is 2. The van der Waals surface area contributed by atoms with E-state index in [1.807, 2.05) is 26.0 Å². The number of nitrogen functional groups attached to an aromatic ring is 1. The summed E-state index contributed by atoms with van der Waals surface area (Å²) < 4.78 is 6.83. The zero-order valence-corrected chi connectivity index (χ0v) is 11.5. The Balaban J connectivity index is 2.15. The molecule has 2 N–H and O–H groups in total. The normalized spacial score (nSPS) is 11.1. The maximum Gasteiger partial charge on any atom is 0.420 e. The average Bonchev–Trinajstić information content (AvgIpc) is 2.70. The fourth-order valence-electron chi connectivity index (χ4n) is 2.49. The highest BCUT2D eigenvalue weighted by Crippen LogP contribution is 2.21. The van der Waals surface area contributed by atoms with Crippen molar-refractivity contribution in [3.8, 4) is 0 Å². The van der Waals surface area contributed by atoms with Gasteiger partial charge in [-0.2, -0.15) is 0 Å². The van der Waals surface area contributed by atoms with Crippen LogP contribution in [0.1, 0.15) is 16.7 Å². The van der Waals surface area contributed by atoms with Gasteiger partial charge < -0.3 is 10.2 Å². The van der Waals surface area contributed by atoms with E-state index in [4.69, 9.17) is 10.2 Å². The van der Waals surface area contributed by atoms with Crippen LogP contribution in [0.5, 0.6) is 0 Å². The Hall–Kier alpha value is -2.49. The van der Waals surface area contributed by atoms with E-state index in [9.17, 15) is 4.79 Å². The van der Waals surface area contributed by atoms with Crippen LogP contribution in [0.4, 0.5) is 5.69 Å². The molecule has 4 nitrogen and oxygen atoms in total. The van der Waals surface area contributed by atoms with Gasteiger partial charge in [0.05, 0.1) is 12.2 Å². The Kier molecular flexibility index (Phi) is 2.86. The predicted octanol–water partition coefficient (Wildman–Crippen LogP) is 2.84. The number of nitrogens with zero attached hydrogens (tertiary/aromatic N) is 1. The molecule has 0 aliphatic carbocycles. The largest absolute Gasteiger partial charge is 0.420 e.